The van der Waals surface area contributed by atoms with Gasteiger partial charge in [0.05, 0.1) is 13.2 Å². The topological polar surface area (TPSA) is 102 Å². The van der Waals surface area contributed by atoms with Crippen LogP contribution in [0.3, 0.4) is 0 Å². The van der Waals surface area contributed by atoms with E-state index in [1.807, 2.05) is 0 Å². The first-order valence-electron chi connectivity index (χ1n) is 3.77. The minimum absolute atomic E-state index is 0.240. The van der Waals surface area contributed by atoms with Crippen molar-refractivity contribution in [1.82, 2.24) is 5.32 Å². The second-order valence-electron chi connectivity index (χ2n) is 2.56. The third-order valence-corrected chi connectivity index (χ3v) is 1.46. The van der Waals surface area contributed by atoms with Crippen LogP contribution in [0.15, 0.2) is 0 Å². The number of amides is 1. The average molecular weight is 190 g/mol. The van der Waals surface area contributed by atoms with Crippen molar-refractivity contribution < 1.29 is 19.4 Å². The first kappa shape index (κ1) is 11.9. The van der Waals surface area contributed by atoms with Crippen LogP contribution in [0.5, 0.6) is 0 Å². The van der Waals surface area contributed by atoms with E-state index in [0.29, 0.717) is 0 Å². The normalized spacial score (nSPS) is 14.5. The molecule has 13 heavy (non-hydrogen) atoms. The van der Waals surface area contributed by atoms with Gasteiger partial charge in [-0.25, -0.2) is 0 Å². The van der Waals surface area contributed by atoms with Gasteiger partial charge in [0.25, 0.3) is 0 Å². The average Bonchev–Trinajstić information content (AvgIpc) is 2.11. The maximum atomic E-state index is 11.0. The molecule has 0 saturated heterocycles. The van der Waals surface area contributed by atoms with E-state index in [-0.39, 0.29) is 6.54 Å². The molecule has 2 atom stereocenters. The van der Waals surface area contributed by atoms with E-state index in [9.17, 15) is 9.59 Å². The van der Waals surface area contributed by atoms with Crippen LogP contribution in [-0.2, 0) is 14.3 Å². The summed E-state index contributed by atoms with van der Waals surface area (Å²) >= 11 is 0. The van der Waals surface area contributed by atoms with Crippen molar-refractivity contribution in [2.24, 2.45) is 5.73 Å². The van der Waals surface area contributed by atoms with E-state index in [0.717, 1.165) is 0 Å². The fraction of sp³-hybridized carbons (Fsp3) is 0.714. The summed E-state index contributed by atoms with van der Waals surface area (Å²) in [5, 5.41) is 11.1. The maximum absolute atomic E-state index is 11.0. The van der Waals surface area contributed by atoms with Gasteiger partial charge in [-0.1, -0.05) is 0 Å². The molecule has 0 rings (SSSR count). The van der Waals surface area contributed by atoms with Crippen molar-refractivity contribution in [3.8, 4) is 0 Å². The fourth-order valence-corrected chi connectivity index (χ4v) is 0.568. The molecule has 0 aliphatic heterocycles. The number of hydrogen-bond acceptors (Lipinski definition) is 5. The van der Waals surface area contributed by atoms with Crippen LogP contribution in [0.1, 0.15) is 6.92 Å². The number of methoxy groups -OCH3 is 1. The number of carbonyl (C=O) groups excluding carboxylic acids is 2. The highest BCUT2D eigenvalue weighted by atomic mass is 16.5. The Labute approximate surface area is 76.0 Å². The Morgan fingerprint density at radius 2 is 2.15 bits per heavy atom. The summed E-state index contributed by atoms with van der Waals surface area (Å²) in [4.78, 5) is 21.6. The largest absolute Gasteiger partial charge is 0.468 e. The molecule has 0 aromatic carbocycles. The minimum Gasteiger partial charge on any atom is -0.468 e. The molecule has 0 heterocycles. The van der Waals surface area contributed by atoms with Crippen molar-refractivity contribution in [3.05, 3.63) is 0 Å². The molecule has 0 bridgehead atoms. The lowest BCUT2D eigenvalue weighted by molar-refractivity contribution is -0.141. The molecular formula is C7H14N2O4. The lowest BCUT2D eigenvalue weighted by atomic mass is 10.2. The molecule has 0 spiro atoms. The molecule has 0 radical (unpaired) electrons. The van der Waals surface area contributed by atoms with Gasteiger partial charge in [-0.05, 0) is 6.92 Å². The second-order valence-corrected chi connectivity index (χ2v) is 2.56. The van der Waals surface area contributed by atoms with Gasteiger partial charge in [0.1, 0.15) is 12.6 Å². The van der Waals surface area contributed by atoms with Crippen molar-refractivity contribution in [3.63, 3.8) is 0 Å². The summed E-state index contributed by atoms with van der Waals surface area (Å²) in [6.45, 7) is 1.15. The summed E-state index contributed by atoms with van der Waals surface area (Å²) < 4.78 is 4.28. The SMILES string of the molecule is COC(=O)CNC(=O)C(N)C(C)O. The molecule has 4 N–H and O–H groups in total. The predicted molar refractivity (Wildman–Crippen MR) is 44.7 cm³/mol. The molecule has 0 aliphatic carbocycles. The Bertz CT molecular complexity index is 193. The van der Waals surface area contributed by atoms with Crippen molar-refractivity contribution in [1.29, 1.82) is 0 Å². The third kappa shape index (κ3) is 4.44. The first-order valence-corrected chi connectivity index (χ1v) is 3.77. The van der Waals surface area contributed by atoms with E-state index in [4.69, 9.17) is 10.8 Å². The van der Waals surface area contributed by atoms with Gasteiger partial charge in [0.2, 0.25) is 5.91 Å². The van der Waals surface area contributed by atoms with E-state index < -0.39 is 24.0 Å². The van der Waals surface area contributed by atoms with Crippen LogP contribution in [0.2, 0.25) is 0 Å². The van der Waals surface area contributed by atoms with Crippen LogP contribution >= 0.6 is 0 Å². The van der Waals surface area contributed by atoms with E-state index >= 15 is 0 Å². The smallest absolute Gasteiger partial charge is 0.325 e. The highest BCUT2D eigenvalue weighted by Crippen LogP contribution is 1.87. The van der Waals surface area contributed by atoms with Crippen molar-refractivity contribution >= 4 is 11.9 Å². The summed E-state index contributed by atoms with van der Waals surface area (Å²) in [6, 6.07) is -1.02. The Balaban J connectivity index is 3.81. The summed E-state index contributed by atoms with van der Waals surface area (Å²) in [5.74, 6) is -1.15. The number of esters is 1. The molecule has 2 unspecified atom stereocenters. The minimum atomic E-state index is -1.02. The molecule has 1 amide bonds. The van der Waals surface area contributed by atoms with Crippen molar-refractivity contribution in [2.45, 2.75) is 19.1 Å². The zero-order chi connectivity index (χ0) is 10.4. The standard InChI is InChI=1S/C7H14N2O4/c1-4(10)6(8)7(12)9-3-5(11)13-2/h4,6,10H,3,8H2,1-2H3,(H,9,12). The van der Waals surface area contributed by atoms with Crippen LogP contribution < -0.4 is 11.1 Å². The number of nitrogens with two attached hydrogens (primary N) is 1. The summed E-state index contributed by atoms with van der Waals surface area (Å²) in [5.41, 5.74) is 5.27. The predicted octanol–water partition coefficient (Wildman–Crippen LogP) is -2.02. The Hall–Kier alpha value is -1.14. The highest BCUT2D eigenvalue weighted by molar-refractivity contribution is 5.85. The van der Waals surface area contributed by atoms with E-state index in [2.05, 4.69) is 10.1 Å². The molecule has 0 aromatic heterocycles. The second kappa shape index (κ2) is 5.50. The number of ether oxygens (including phenoxy) is 1. The number of rotatable bonds is 4. The molecule has 0 aromatic rings. The zero-order valence-corrected chi connectivity index (χ0v) is 7.61. The Morgan fingerprint density at radius 1 is 1.62 bits per heavy atom. The summed E-state index contributed by atoms with van der Waals surface area (Å²) in [6.07, 6.45) is -0.947. The van der Waals surface area contributed by atoms with Crippen molar-refractivity contribution in [2.75, 3.05) is 13.7 Å². The molecule has 76 valence electrons. The molecule has 6 nitrogen and oxygen atoms in total. The fourth-order valence-electron chi connectivity index (χ4n) is 0.568. The Morgan fingerprint density at radius 3 is 2.54 bits per heavy atom. The summed E-state index contributed by atoms with van der Waals surface area (Å²) in [7, 11) is 1.21. The van der Waals surface area contributed by atoms with Crippen LogP contribution in [0.4, 0.5) is 0 Å². The number of aliphatic hydroxyl groups is 1. The van der Waals surface area contributed by atoms with E-state index in [1.165, 1.54) is 14.0 Å². The monoisotopic (exact) mass is 190 g/mol. The van der Waals surface area contributed by atoms with Crippen LogP contribution in [-0.4, -0.2) is 42.8 Å². The van der Waals surface area contributed by atoms with Gasteiger partial charge in [-0.2, -0.15) is 0 Å². The van der Waals surface area contributed by atoms with Gasteiger partial charge >= 0.3 is 5.97 Å². The van der Waals surface area contributed by atoms with E-state index in [1.54, 1.807) is 0 Å². The number of hydrogen-bond donors (Lipinski definition) is 3. The molecule has 0 saturated carbocycles. The first-order chi connectivity index (χ1) is 5.99. The molecule has 0 aliphatic rings. The van der Waals surface area contributed by atoms with Gasteiger partial charge < -0.3 is 20.9 Å². The molecule has 0 fully saturated rings. The Kier molecular flexibility index (Phi) is 5.01. The van der Waals surface area contributed by atoms with Crippen LogP contribution in [0.25, 0.3) is 0 Å². The number of aliphatic hydroxyl groups excluding tert-OH is 1. The highest BCUT2D eigenvalue weighted by Gasteiger charge is 2.18. The lowest BCUT2D eigenvalue weighted by Crippen LogP contribution is -2.48. The van der Waals surface area contributed by atoms with Gasteiger partial charge in [-0.15, -0.1) is 0 Å². The molecular weight excluding hydrogens is 176 g/mol. The van der Waals surface area contributed by atoms with Gasteiger partial charge in [0, 0.05) is 0 Å². The maximum Gasteiger partial charge on any atom is 0.325 e. The zero-order valence-electron chi connectivity index (χ0n) is 7.61. The third-order valence-electron chi connectivity index (χ3n) is 1.46. The van der Waals surface area contributed by atoms with Crippen LogP contribution in [0, 0.1) is 0 Å². The number of nitrogens with one attached hydrogen (secondary N) is 1. The lowest BCUT2D eigenvalue weighted by Gasteiger charge is -2.13. The van der Waals surface area contributed by atoms with Gasteiger partial charge in [-0.3, -0.25) is 9.59 Å². The number of carbonyl (C=O) groups is 2. The van der Waals surface area contributed by atoms with Gasteiger partial charge in [0.15, 0.2) is 0 Å². The quantitative estimate of drug-likeness (QED) is 0.444. The molecule has 6 heteroatoms.